The summed E-state index contributed by atoms with van der Waals surface area (Å²) >= 11 is 0. The number of carbonyl (C=O) groups excluding carboxylic acids is 4. The minimum Gasteiger partial charge on any atom is -0.494 e. The van der Waals surface area contributed by atoms with Crippen molar-refractivity contribution < 1.29 is 67.4 Å². The van der Waals surface area contributed by atoms with Crippen molar-refractivity contribution in [3.8, 4) is 23.0 Å². The second kappa shape index (κ2) is 25.5. The van der Waals surface area contributed by atoms with Gasteiger partial charge in [0.2, 0.25) is 0 Å². The fourth-order valence-electron chi connectivity index (χ4n) is 3.76. The van der Waals surface area contributed by atoms with E-state index in [2.05, 4.69) is 13.2 Å². The number of carboxylic acid groups (broad SMARTS) is 2. The second-order valence-electron chi connectivity index (χ2n) is 10.2. The SMILES string of the molecule is C=CC(=O)OCCCCOc1ccc(OC(=O)c2ccc(OC(=O)c3ccc(OCCCCOC(=O)C=C)cc3)c(C)c2)cc1.CC(=O)O.O=CO. The zero-order chi connectivity index (χ0) is 38.7. The highest BCUT2D eigenvalue weighted by atomic mass is 16.5. The zero-order valence-corrected chi connectivity index (χ0v) is 28.9. The molecule has 0 atom stereocenters. The summed E-state index contributed by atoms with van der Waals surface area (Å²) in [5, 5.41) is 14.3. The smallest absolute Gasteiger partial charge is 0.343 e. The van der Waals surface area contributed by atoms with Gasteiger partial charge >= 0.3 is 23.9 Å². The van der Waals surface area contributed by atoms with Gasteiger partial charge in [0, 0.05) is 19.1 Å². The van der Waals surface area contributed by atoms with Gasteiger partial charge in [-0.2, -0.15) is 0 Å². The first-order chi connectivity index (χ1) is 24.9. The molecule has 0 aliphatic rings. The molecule has 278 valence electrons. The average Bonchev–Trinajstić information content (AvgIpc) is 3.12. The molecule has 14 nitrogen and oxygen atoms in total. The van der Waals surface area contributed by atoms with E-state index < -0.39 is 29.8 Å². The predicted molar refractivity (Wildman–Crippen MR) is 188 cm³/mol. The highest BCUT2D eigenvalue weighted by Gasteiger charge is 2.15. The summed E-state index contributed by atoms with van der Waals surface area (Å²) in [4.78, 5) is 64.8. The third-order valence-electron chi connectivity index (χ3n) is 6.17. The third kappa shape index (κ3) is 18.9. The van der Waals surface area contributed by atoms with Gasteiger partial charge in [0.05, 0.1) is 37.6 Å². The number of aryl methyl sites for hydroxylation is 1. The van der Waals surface area contributed by atoms with Gasteiger partial charge in [0.25, 0.3) is 12.4 Å². The Balaban J connectivity index is 0.00000177. The molecule has 3 aromatic rings. The van der Waals surface area contributed by atoms with E-state index in [0.29, 0.717) is 91.8 Å². The van der Waals surface area contributed by atoms with Crippen molar-refractivity contribution in [2.24, 2.45) is 0 Å². The molecule has 0 amide bonds. The first-order valence-electron chi connectivity index (χ1n) is 15.8. The number of unbranched alkanes of at least 4 members (excludes halogenated alkanes) is 2. The predicted octanol–water partition coefficient (Wildman–Crippen LogP) is 6.00. The number of carbonyl (C=O) groups is 6. The normalized spacial score (nSPS) is 9.58. The third-order valence-corrected chi connectivity index (χ3v) is 6.17. The number of hydrogen-bond acceptors (Lipinski definition) is 12. The Kier molecular flexibility index (Phi) is 21.4. The Labute approximate surface area is 301 Å². The molecule has 0 aromatic heterocycles. The first-order valence-corrected chi connectivity index (χ1v) is 15.8. The Morgan fingerprint density at radius 2 is 1.02 bits per heavy atom. The summed E-state index contributed by atoms with van der Waals surface area (Å²) in [6.07, 6.45) is 4.96. The van der Waals surface area contributed by atoms with Gasteiger partial charge in [-0.25, -0.2) is 19.2 Å². The number of ether oxygens (including phenoxy) is 6. The van der Waals surface area contributed by atoms with E-state index >= 15 is 0 Å². The lowest BCUT2D eigenvalue weighted by molar-refractivity contribution is -0.138. The molecule has 0 heterocycles. The van der Waals surface area contributed by atoms with Crippen LogP contribution in [0.15, 0.2) is 92.0 Å². The average molecular weight is 723 g/mol. The Bertz CT molecular complexity index is 1610. The van der Waals surface area contributed by atoms with Crippen LogP contribution in [0.2, 0.25) is 0 Å². The molecule has 52 heavy (non-hydrogen) atoms. The molecule has 0 saturated heterocycles. The molecule has 0 saturated carbocycles. The summed E-state index contributed by atoms with van der Waals surface area (Å²) in [5.74, 6) is -0.980. The van der Waals surface area contributed by atoms with Gasteiger partial charge in [0.1, 0.15) is 23.0 Å². The summed E-state index contributed by atoms with van der Waals surface area (Å²) in [7, 11) is 0. The lowest BCUT2D eigenvalue weighted by atomic mass is 10.1. The number of esters is 4. The van der Waals surface area contributed by atoms with Crippen molar-refractivity contribution in [1.29, 1.82) is 0 Å². The van der Waals surface area contributed by atoms with E-state index in [1.807, 2.05) is 0 Å². The molecular weight excluding hydrogens is 680 g/mol. The van der Waals surface area contributed by atoms with E-state index in [0.717, 1.165) is 19.1 Å². The lowest BCUT2D eigenvalue weighted by Gasteiger charge is -2.11. The van der Waals surface area contributed by atoms with Crippen LogP contribution < -0.4 is 18.9 Å². The molecule has 3 aromatic carbocycles. The minimum atomic E-state index is -0.833. The molecule has 0 unspecified atom stereocenters. The van der Waals surface area contributed by atoms with E-state index in [1.54, 1.807) is 67.6 Å². The molecular formula is C38H42O14. The molecule has 0 fully saturated rings. The van der Waals surface area contributed by atoms with Gasteiger partial charge < -0.3 is 38.6 Å². The van der Waals surface area contributed by atoms with Crippen molar-refractivity contribution >= 4 is 36.3 Å². The Morgan fingerprint density at radius 1 is 0.635 bits per heavy atom. The summed E-state index contributed by atoms with van der Waals surface area (Å²) < 4.78 is 32.1. The highest BCUT2D eigenvalue weighted by molar-refractivity contribution is 5.93. The van der Waals surface area contributed by atoms with Gasteiger partial charge in [0.15, 0.2) is 0 Å². The van der Waals surface area contributed by atoms with Crippen molar-refractivity contribution in [1.82, 2.24) is 0 Å². The van der Waals surface area contributed by atoms with Crippen molar-refractivity contribution in [2.45, 2.75) is 39.5 Å². The second-order valence-corrected chi connectivity index (χ2v) is 10.2. The van der Waals surface area contributed by atoms with E-state index in [4.69, 9.17) is 48.2 Å². The van der Waals surface area contributed by atoms with Crippen LogP contribution in [0.3, 0.4) is 0 Å². The van der Waals surface area contributed by atoms with Crippen LogP contribution in [0.25, 0.3) is 0 Å². The summed E-state index contributed by atoms with van der Waals surface area (Å²) in [5.41, 5.74) is 1.22. The van der Waals surface area contributed by atoms with Crippen LogP contribution in [0.4, 0.5) is 0 Å². The molecule has 0 aliphatic heterocycles. The monoisotopic (exact) mass is 722 g/mol. The molecule has 0 spiro atoms. The highest BCUT2D eigenvalue weighted by Crippen LogP contribution is 2.24. The fourth-order valence-corrected chi connectivity index (χ4v) is 3.76. The van der Waals surface area contributed by atoms with Crippen LogP contribution in [0, 0.1) is 6.92 Å². The number of hydrogen-bond donors (Lipinski definition) is 2. The van der Waals surface area contributed by atoms with Gasteiger partial charge in [-0.15, -0.1) is 0 Å². The summed E-state index contributed by atoms with van der Waals surface area (Å²) in [6, 6.07) is 17.8. The van der Waals surface area contributed by atoms with Crippen molar-refractivity contribution in [3.63, 3.8) is 0 Å². The van der Waals surface area contributed by atoms with Crippen molar-refractivity contribution in [2.75, 3.05) is 26.4 Å². The Hall–Kier alpha value is -6.44. The maximum absolute atomic E-state index is 12.7. The number of aliphatic carboxylic acids is 1. The van der Waals surface area contributed by atoms with Crippen LogP contribution in [-0.2, 0) is 28.7 Å². The van der Waals surface area contributed by atoms with Crippen molar-refractivity contribution in [3.05, 3.63) is 109 Å². The molecule has 2 N–H and O–H groups in total. The van der Waals surface area contributed by atoms with E-state index in [-0.39, 0.29) is 6.47 Å². The van der Waals surface area contributed by atoms with Crippen LogP contribution >= 0.6 is 0 Å². The molecule has 0 aliphatic carbocycles. The summed E-state index contributed by atoms with van der Waals surface area (Å²) in [6.45, 7) is 10.7. The van der Waals surface area contributed by atoms with Gasteiger partial charge in [-0.05, 0) is 105 Å². The minimum absolute atomic E-state index is 0.250. The fraction of sp³-hybridized carbons (Fsp3) is 0.263. The van der Waals surface area contributed by atoms with E-state index in [9.17, 15) is 19.2 Å². The maximum atomic E-state index is 12.7. The molecule has 14 heteroatoms. The largest absolute Gasteiger partial charge is 0.494 e. The maximum Gasteiger partial charge on any atom is 0.343 e. The standard InChI is InChI=1S/C35H36O10.C2H4O2.CH2O2/c1-4-32(36)42-22-8-6-20-40-28-13-10-26(11-14-28)34(38)45-31-19-12-27(24-25(31)3)35(39)44-30-17-15-29(16-18-30)41-21-7-9-23-43-33(37)5-2;1-2(3)4;2-1-3/h4-5,10-19,24H,1-2,6-9,20-23H2,3H3;1H3,(H,3,4);1H,(H,2,3). The number of carboxylic acids is 1. The van der Waals surface area contributed by atoms with Gasteiger partial charge in [-0.1, -0.05) is 13.2 Å². The number of rotatable bonds is 18. The van der Waals surface area contributed by atoms with Crippen LogP contribution in [-0.4, -0.2) is 73.0 Å². The molecule has 3 rings (SSSR count). The quantitative estimate of drug-likeness (QED) is 0.0509. The van der Waals surface area contributed by atoms with Gasteiger partial charge in [-0.3, -0.25) is 9.59 Å². The first kappa shape index (κ1) is 43.6. The van der Waals surface area contributed by atoms with Crippen LogP contribution in [0.1, 0.15) is 58.9 Å². The number of benzene rings is 3. The Morgan fingerprint density at radius 3 is 1.46 bits per heavy atom. The topological polar surface area (TPSA) is 198 Å². The molecule has 0 radical (unpaired) electrons. The zero-order valence-electron chi connectivity index (χ0n) is 28.9. The lowest BCUT2D eigenvalue weighted by Crippen LogP contribution is -2.11. The van der Waals surface area contributed by atoms with E-state index in [1.165, 1.54) is 6.07 Å². The molecule has 0 bridgehead atoms. The van der Waals surface area contributed by atoms with Crippen LogP contribution in [0.5, 0.6) is 23.0 Å².